The summed E-state index contributed by atoms with van der Waals surface area (Å²) in [6.07, 6.45) is 4.78. The van der Waals surface area contributed by atoms with Crippen LogP contribution < -0.4 is 0 Å². The first kappa shape index (κ1) is 30.3. The largest absolute Gasteiger partial charge is 0.195 e. The van der Waals surface area contributed by atoms with Gasteiger partial charge < -0.3 is 0 Å². The van der Waals surface area contributed by atoms with Crippen LogP contribution in [0, 0.1) is 5.92 Å². The van der Waals surface area contributed by atoms with E-state index >= 15 is 0 Å². The molecular formula is C35H27Br4Cl3. The molecule has 4 bridgehead atoms. The molecule has 0 N–H and O–H groups in total. The molecule has 4 aromatic carbocycles. The SMILES string of the molecule is ClC(Cl)(Cl)C1C2(c3ccc(Br)cc3)CC3(c4ccc(Br)cc4)CC(c4ccc(Br)cc4)(C2)CC1(c1ccc(Br)cc1)C3. The zero-order chi connectivity index (χ0) is 29.5. The normalized spacial score (nSPS) is 31.8. The standard InChI is InChI=1S/C35H27Br4Cl3/c36-26-9-1-22(2-10-26)31-17-32(23-3-11-27(37)12-4-23)20-33(18-31,24-5-13-28(38)14-6-24)30(35(40,41)42)34(19-31,21-32)25-7-15-29(39)16-8-25/h1-16,30H,17-21H2. The zero-order valence-electron chi connectivity index (χ0n) is 22.5. The molecule has 0 amide bonds. The first-order valence-electron chi connectivity index (χ1n) is 14.0. The molecule has 0 spiro atoms. The Morgan fingerprint density at radius 1 is 0.429 bits per heavy atom. The van der Waals surface area contributed by atoms with Crippen molar-refractivity contribution in [1.82, 2.24) is 0 Å². The minimum absolute atomic E-state index is 0.114. The highest BCUT2D eigenvalue weighted by atomic mass is 79.9. The number of hydrogen-bond acceptors (Lipinski definition) is 0. The molecule has 0 heterocycles. The van der Waals surface area contributed by atoms with Crippen LogP contribution in [0.3, 0.4) is 0 Å². The molecule has 42 heavy (non-hydrogen) atoms. The lowest BCUT2D eigenvalue weighted by Crippen LogP contribution is -2.73. The number of benzene rings is 4. The van der Waals surface area contributed by atoms with Crippen LogP contribution in [0.15, 0.2) is 115 Å². The molecule has 216 valence electrons. The van der Waals surface area contributed by atoms with Crippen LogP contribution in [-0.4, -0.2) is 3.79 Å². The van der Waals surface area contributed by atoms with Crippen molar-refractivity contribution in [2.75, 3.05) is 0 Å². The smallest absolute Gasteiger partial charge is 0.0833 e. The Hall–Kier alpha value is -0.330. The number of alkyl halides is 3. The first-order chi connectivity index (χ1) is 19.9. The van der Waals surface area contributed by atoms with E-state index in [2.05, 4.69) is 161 Å². The highest BCUT2D eigenvalue weighted by molar-refractivity contribution is 9.11. The average molecular weight is 874 g/mol. The van der Waals surface area contributed by atoms with Gasteiger partial charge in [-0.2, -0.15) is 0 Å². The van der Waals surface area contributed by atoms with Crippen molar-refractivity contribution in [2.24, 2.45) is 5.92 Å². The molecule has 4 aliphatic carbocycles. The number of hydrogen-bond donors (Lipinski definition) is 0. The summed E-state index contributed by atoms with van der Waals surface area (Å²) < 4.78 is 2.80. The van der Waals surface area contributed by atoms with E-state index in [1.807, 2.05) is 0 Å². The van der Waals surface area contributed by atoms with Crippen molar-refractivity contribution in [1.29, 1.82) is 0 Å². The third-order valence-corrected chi connectivity index (χ3v) is 13.2. The van der Waals surface area contributed by atoms with Gasteiger partial charge in [-0.3, -0.25) is 0 Å². The lowest BCUT2D eigenvalue weighted by molar-refractivity contribution is -0.116. The Balaban J connectivity index is 1.59. The summed E-state index contributed by atoms with van der Waals surface area (Å²) in [5, 5.41) is 0. The number of halogens is 7. The fourth-order valence-corrected chi connectivity index (χ4v) is 12.0. The van der Waals surface area contributed by atoms with E-state index < -0.39 is 3.79 Å². The van der Waals surface area contributed by atoms with Gasteiger partial charge in [0.1, 0.15) is 0 Å². The molecule has 0 aliphatic heterocycles. The molecule has 4 saturated carbocycles. The van der Waals surface area contributed by atoms with Gasteiger partial charge in [-0.15, -0.1) is 0 Å². The Kier molecular flexibility index (Phi) is 7.66. The van der Waals surface area contributed by atoms with Gasteiger partial charge in [-0.1, -0.05) is 147 Å². The summed E-state index contributed by atoms with van der Waals surface area (Å²) in [5.74, 6) is -0.225. The maximum absolute atomic E-state index is 7.24. The molecule has 0 atom stereocenters. The Morgan fingerprint density at radius 3 is 0.952 bits per heavy atom. The van der Waals surface area contributed by atoms with Gasteiger partial charge in [0, 0.05) is 34.6 Å². The third kappa shape index (κ3) is 4.76. The van der Waals surface area contributed by atoms with Gasteiger partial charge in [0.15, 0.2) is 3.79 Å². The van der Waals surface area contributed by atoms with Crippen molar-refractivity contribution in [2.45, 2.75) is 57.6 Å². The van der Waals surface area contributed by atoms with Crippen LogP contribution in [-0.2, 0) is 21.7 Å². The molecular weight excluding hydrogens is 846 g/mol. The summed E-state index contributed by atoms with van der Waals surface area (Å²) in [6.45, 7) is 0. The summed E-state index contributed by atoms with van der Waals surface area (Å²) in [5.41, 5.74) is 4.26. The van der Waals surface area contributed by atoms with Crippen LogP contribution in [0.4, 0.5) is 0 Å². The molecule has 0 unspecified atom stereocenters. The van der Waals surface area contributed by atoms with Crippen LogP contribution >= 0.6 is 98.5 Å². The maximum atomic E-state index is 7.24. The molecule has 7 heteroatoms. The lowest BCUT2D eigenvalue weighted by atomic mass is 9.29. The second kappa shape index (κ2) is 10.6. The van der Waals surface area contributed by atoms with Crippen molar-refractivity contribution >= 4 is 98.5 Å². The van der Waals surface area contributed by atoms with Crippen molar-refractivity contribution in [3.8, 4) is 0 Å². The van der Waals surface area contributed by atoms with E-state index in [4.69, 9.17) is 34.8 Å². The zero-order valence-corrected chi connectivity index (χ0v) is 31.1. The Labute approximate surface area is 296 Å². The van der Waals surface area contributed by atoms with Crippen LogP contribution in [0.2, 0.25) is 0 Å². The van der Waals surface area contributed by atoms with Gasteiger partial charge in [0.05, 0.1) is 0 Å². The highest BCUT2D eigenvalue weighted by Gasteiger charge is 2.76. The lowest BCUT2D eigenvalue weighted by Gasteiger charge is -2.75. The predicted octanol–water partition coefficient (Wildman–Crippen LogP) is 12.8. The maximum Gasteiger partial charge on any atom is 0.195 e. The summed E-state index contributed by atoms with van der Waals surface area (Å²) in [7, 11) is 0. The Morgan fingerprint density at radius 2 is 0.690 bits per heavy atom. The predicted molar refractivity (Wildman–Crippen MR) is 190 cm³/mol. The number of rotatable bonds is 4. The molecule has 0 radical (unpaired) electrons. The summed E-state index contributed by atoms with van der Waals surface area (Å²) in [4.78, 5) is 0. The van der Waals surface area contributed by atoms with E-state index in [1.165, 1.54) is 22.3 Å². The minimum atomic E-state index is -1.48. The van der Waals surface area contributed by atoms with Gasteiger partial charge >= 0.3 is 0 Å². The highest BCUT2D eigenvalue weighted by Crippen LogP contribution is 2.79. The molecule has 8 rings (SSSR count). The van der Waals surface area contributed by atoms with E-state index in [0.717, 1.165) is 50.0 Å². The molecule has 0 nitrogen and oxygen atoms in total. The second-order valence-corrected chi connectivity index (χ2v) is 18.8. The van der Waals surface area contributed by atoms with Gasteiger partial charge in [0.25, 0.3) is 0 Å². The monoisotopic (exact) mass is 868 g/mol. The Bertz CT molecular complexity index is 1500. The second-order valence-electron chi connectivity index (χ2n) is 12.8. The molecule has 0 aromatic heterocycles. The third-order valence-electron chi connectivity index (χ3n) is 10.5. The van der Waals surface area contributed by atoms with E-state index in [0.29, 0.717) is 0 Å². The van der Waals surface area contributed by atoms with Crippen LogP contribution in [0.25, 0.3) is 0 Å². The molecule has 4 aliphatic rings. The molecule has 0 saturated heterocycles. The van der Waals surface area contributed by atoms with Crippen molar-refractivity contribution in [3.63, 3.8) is 0 Å². The van der Waals surface area contributed by atoms with E-state index in [9.17, 15) is 0 Å². The topological polar surface area (TPSA) is 0 Å². The fraction of sp³-hybridized carbons (Fsp3) is 0.314. The molecule has 4 aromatic rings. The quantitative estimate of drug-likeness (QED) is 0.179. The van der Waals surface area contributed by atoms with E-state index in [1.54, 1.807) is 0 Å². The van der Waals surface area contributed by atoms with Crippen molar-refractivity contribution in [3.05, 3.63) is 137 Å². The van der Waals surface area contributed by atoms with E-state index in [-0.39, 0.29) is 27.6 Å². The van der Waals surface area contributed by atoms with Gasteiger partial charge in [-0.05, 0) is 114 Å². The van der Waals surface area contributed by atoms with Crippen molar-refractivity contribution < 1.29 is 0 Å². The van der Waals surface area contributed by atoms with Crippen LogP contribution in [0.5, 0.6) is 0 Å². The summed E-state index contributed by atoms with van der Waals surface area (Å²) in [6, 6.07) is 35.7. The minimum Gasteiger partial charge on any atom is -0.0833 e. The summed E-state index contributed by atoms with van der Waals surface area (Å²) >= 11 is 36.5. The fourth-order valence-electron chi connectivity index (χ4n) is 9.65. The molecule has 4 fully saturated rings. The van der Waals surface area contributed by atoms with Gasteiger partial charge in [0.2, 0.25) is 0 Å². The van der Waals surface area contributed by atoms with Crippen LogP contribution in [0.1, 0.15) is 54.4 Å². The van der Waals surface area contributed by atoms with Gasteiger partial charge in [-0.25, -0.2) is 0 Å². The average Bonchev–Trinajstić information content (AvgIpc) is 2.93. The first-order valence-corrected chi connectivity index (χ1v) is 18.3.